The third-order valence-electron chi connectivity index (χ3n) is 3.64. The van der Waals surface area contributed by atoms with Crippen LogP contribution in [0.4, 0.5) is 0 Å². The molecule has 1 heterocycles. The zero-order valence-corrected chi connectivity index (χ0v) is 8.68. The van der Waals surface area contributed by atoms with Crippen LogP contribution in [0.5, 0.6) is 0 Å². The number of rotatable bonds is 3. The molecule has 1 atom stereocenters. The van der Waals surface area contributed by atoms with Crippen LogP contribution in [0.25, 0.3) is 0 Å². The fourth-order valence-corrected chi connectivity index (χ4v) is 2.55. The average molecular weight is 182 g/mol. The van der Waals surface area contributed by atoms with E-state index >= 15 is 0 Å². The minimum absolute atomic E-state index is 0.743. The Morgan fingerprint density at radius 1 is 1.15 bits per heavy atom. The summed E-state index contributed by atoms with van der Waals surface area (Å²) in [4.78, 5) is 0. The fourth-order valence-electron chi connectivity index (χ4n) is 2.55. The standard InChI is InChI=1S/C11H22N2/c1-9(13-11-7-12-8-11)10-5-3-2-4-6-10/h9-13H,2-8H2,1H3/t9-/m1/s1. The molecule has 2 N–H and O–H groups in total. The Hall–Kier alpha value is -0.0800. The molecule has 0 radical (unpaired) electrons. The monoisotopic (exact) mass is 182 g/mol. The molecule has 1 saturated carbocycles. The maximum absolute atomic E-state index is 3.72. The van der Waals surface area contributed by atoms with Gasteiger partial charge in [-0.2, -0.15) is 0 Å². The summed E-state index contributed by atoms with van der Waals surface area (Å²) in [6.07, 6.45) is 7.29. The number of hydrogen-bond donors (Lipinski definition) is 2. The molecule has 2 heteroatoms. The predicted octanol–water partition coefficient (Wildman–Crippen LogP) is 1.52. The summed E-state index contributed by atoms with van der Waals surface area (Å²) >= 11 is 0. The van der Waals surface area contributed by atoms with Crippen molar-refractivity contribution in [2.45, 2.75) is 51.1 Å². The van der Waals surface area contributed by atoms with Gasteiger partial charge in [-0.3, -0.25) is 0 Å². The van der Waals surface area contributed by atoms with Crippen LogP contribution in [-0.2, 0) is 0 Å². The second-order valence-corrected chi connectivity index (χ2v) is 4.71. The van der Waals surface area contributed by atoms with E-state index in [2.05, 4.69) is 17.6 Å². The molecule has 0 amide bonds. The Morgan fingerprint density at radius 3 is 2.38 bits per heavy atom. The van der Waals surface area contributed by atoms with Gasteiger partial charge in [0.2, 0.25) is 0 Å². The molecule has 0 aromatic rings. The average Bonchev–Trinajstić information content (AvgIpc) is 2.12. The highest BCUT2D eigenvalue weighted by atomic mass is 15.1. The first-order valence-corrected chi connectivity index (χ1v) is 5.83. The van der Waals surface area contributed by atoms with Gasteiger partial charge in [0.15, 0.2) is 0 Å². The van der Waals surface area contributed by atoms with Crippen LogP contribution in [0.15, 0.2) is 0 Å². The lowest BCUT2D eigenvalue weighted by molar-refractivity contribution is 0.238. The Labute approximate surface area is 81.5 Å². The van der Waals surface area contributed by atoms with Crippen molar-refractivity contribution in [3.05, 3.63) is 0 Å². The summed E-state index contributed by atoms with van der Waals surface area (Å²) in [5, 5.41) is 7.03. The number of hydrogen-bond acceptors (Lipinski definition) is 2. The van der Waals surface area contributed by atoms with Gasteiger partial charge in [0, 0.05) is 25.2 Å². The molecule has 1 aliphatic carbocycles. The second kappa shape index (κ2) is 4.43. The van der Waals surface area contributed by atoms with E-state index in [1.165, 1.54) is 45.2 Å². The third kappa shape index (κ3) is 2.44. The lowest BCUT2D eigenvalue weighted by Crippen LogP contribution is -2.58. The molecule has 2 rings (SSSR count). The van der Waals surface area contributed by atoms with Gasteiger partial charge >= 0.3 is 0 Å². The summed E-state index contributed by atoms with van der Waals surface area (Å²) in [6.45, 7) is 4.72. The molecular weight excluding hydrogens is 160 g/mol. The topological polar surface area (TPSA) is 24.1 Å². The highest BCUT2D eigenvalue weighted by Crippen LogP contribution is 2.26. The largest absolute Gasteiger partial charge is 0.314 e. The SMILES string of the molecule is C[C@@H](NC1CNC1)C1CCCCC1. The first-order valence-electron chi connectivity index (χ1n) is 5.83. The highest BCUT2D eigenvalue weighted by molar-refractivity contribution is 4.86. The molecule has 0 aromatic heterocycles. The van der Waals surface area contributed by atoms with Gasteiger partial charge in [0.25, 0.3) is 0 Å². The van der Waals surface area contributed by atoms with Crippen molar-refractivity contribution in [3.63, 3.8) is 0 Å². The lowest BCUT2D eigenvalue weighted by Gasteiger charge is -2.35. The van der Waals surface area contributed by atoms with Crippen molar-refractivity contribution in [1.82, 2.24) is 10.6 Å². The Bertz CT molecular complexity index is 148. The molecule has 0 unspecified atom stereocenters. The van der Waals surface area contributed by atoms with Gasteiger partial charge in [-0.1, -0.05) is 19.3 Å². The minimum Gasteiger partial charge on any atom is -0.314 e. The normalized spacial score (nSPS) is 28.4. The Morgan fingerprint density at radius 2 is 1.85 bits per heavy atom. The zero-order chi connectivity index (χ0) is 9.10. The van der Waals surface area contributed by atoms with Crippen molar-refractivity contribution in [2.75, 3.05) is 13.1 Å². The zero-order valence-electron chi connectivity index (χ0n) is 8.68. The molecule has 0 aromatic carbocycles. The van der Waals surface area contributed by atoms with Crippen molar-refractivity contribution in [2.24, 2.45) is 5.92 Å². The summed E-state index contributed by atoms with van der Waals surface area (Å²) < 4.78 is 0. The molecule has 2 fully saturated rings. The smallest absolute Gasteiger partial charge is 0.0319 e. The van der Waals surface area contributed by atoms with E-state index in [0.717, 1.165) is 18.0 Å². The number of nitrogens with one attached hydrogen (secondary N) is 2. The molecule has 0 spiro atoms. The van der Waals surface area contributed by atoms with Gasteiger partial charge in [-0.15, -0.1) is 0 Å². The van der Waals surface area contributed by atoms with Gasteiger partial charge < -0.3 is 10.6 Å². The molecule has 2 aliphatic rings. The van der Waals surface area contributed by atoms with Crippen LogP contribution in [0.2, 0.25) is 0 Å². The van der Waals surface area contributed by atoms with E-state index in [0.29, 0.717) is 0 Å². The van der Waals surface area contributed by atoms with E-state index in [-0.39, 0.29) is 0 Å². The Kier molecular flexibility index (Phi) is 3.23. The molecule has 1 aliphatic heterocycles. The van der Waals surface area contributed by atoms with Gasteiger partial charge in [-0.25, -0.2) is 0 Å². The molecule has 1 saturated heterocycles. The van der Waals surface area contributed by atoms with Gasteiger partial charge in [0.1, 0.15) is 0 Å². The van der Waals surface area contributed by atoms with E-state index in [1.807, 2.05) is 0 Å². The van der Waals surface area contributed by atoms with Crippen molar-refractivity contribution < 1.29 is 0 Å². The van der Waals surface area contributed by atoms with E-state index < -0.39 is 0 Å². The summed E-state index contributed by atoms with van der Waals surface area (Å²) in [6, 6.07) is 1.50. The fraction of sp³-hybridized carbons (Fsp3) is 1.00. The molecule has 2 nitrogen and oxygen atoms in total. The van der Waals surface area contributed by atoms with Crippen molar-refractivity contribution in [3.8, 4) is 0 Å². The van der Waals surface area contributed by atoms with Crippen LogP contribution >= 0.6 is 0 Å². The molecule has 13 heavy (non-hydrogen) atoms. The summed E-state index contributed by atoms with van der Waals surface area (Å²) in [5.74, 6) is 0.953. The minimum atomic E-state index is 0.743. The maximum Gasteiger partial charge on any atom is 0.0319 e. The van der Waals surface area contributed by atoms with Crippen LogP contribution < -0.4 is 10.6 Å². The van der Waals surface area contributed by atoms with Crippen molar-refractivity contribution in [1.29, 1.82) is 0 Å². The van der Waals surface area contributed by atoms with E-state index in [9.17, 15) is 0 Å². The van der Waals surface area contributed by atoms with E-state index in [1.54, 1.807) is 0 Å². The quantitative estimate of drug-likeness (QED) is 0.691. The van der Waals surface area contributed by atoms with Crippen LogP contribution in [0.1, 0.15) is 39.0 Å². The highest BCUT2D eigenvalue weighted by Gasteiger charge is 2.24. The third-order valence-corrected chi connectivity index (χ3v) is 3.64. The van der Waals surface area contributed by atoms with Gasteiger partial charge in [-0.05, 0) is 25.7 Å². The predicted molar refractivity (Wildman–Crippen MR) is 55.8 cm³/mol. The Balaban J connectivity index is 1.70. The van der Waals surface area contributed by atoms with Crippen molar-refractivity contribution >= 4 is 0 Å². The van der Waals surface area contributed by atoms with E-state index in [4.69, 9.17) is 0 Å². The van der Waals surface area contributed by atoms with Crippen LogP contribution in [-0.4, -0.2) is 25.2 Å². The second-order valence-electron chi connectivity index (χ2n) is 4.71. The first-order chi connectivity index (χ1) is 6.36. The molecular formula is C11H22N2. The molecule has 76 valence electrons. The molecule has 0 bridgehead atoms. The van der Waals surface area contributed by atoms with Crippen LogP contribution in [0, 0.1) is 5.92 Å². The van der Waals surface area contributed by atoms with Gasteiger partial charge in [0.05, 0.1) is 0 Å². The summed E-state index contributed by atoms with van der Waals surface area (Å²) in [5.41, 5.74) is 0. The maximum atomic E-state index is 3.72. The summed E-state index contributed by atoms with van der Waals surface area (Å²) in [7, 11) is 0. The lowest BCUT2D eigenvalue weighted by atomic mass is 9.84. The first kappa shape index (κ1) is 9.47. The van der Waals surface area contributed by atoms with Crippen LogP contribution in [0.3, 0.4) is 0 Å².